The van der Waals surface area contributed by atoms with Crippen LogP contribution in [0.2, 0.25) is 0 Å². The van der Waals surface area contributed by atoms with Crippen molar-refractivity contribution < 1.29 is 4.79 Å². The number of hydrogen-bond acceptors (Lipinski definition) is 2. The molecule has 1 amide bonds. The molecule has 0 spiro atoms. The Morgan fingerprint density at radius 3 is 2.35 bits per heavy atom. The van der Waals surface area contributed by atoms with Crippen molar-refractivity contribution in [2.24, 2.45) is 17.6 Å². The Bertz CT molecular complexity index is 252. The predicted octanol–water partition coefficient (Wildman–Crippen LogP) is 2.18. The van der Waals surface area contributed by atoms with Crippen LogP contribution in [-0.2, 0) is 4.79 Å². The minimum atomic E-state index is 0. The average Bonchev–Trinajstić information content (AvgIpc) is 2.75. The highest BCUT2D eigenvalue weighted by Gasteiger charge is 2.31. The van der Waals surface area contributed by atoms with E-state index in [1.807, 2.05) is 4.90 Å². The van der Waals surface area contributed by atoms with Gasteiger partial charge in [-0.05, 0) is 38.0 Å². The molecule has 1 aliphatic carbocycles. The lowest BCUT2D eigenvalue weighted by Gasteiger charge is -2.30. The van der Waals surface area contributed by atoms with E-state index in [0.29, 0.717) is 11.8 Å². The molecular weight excluding hydrogens is 236 g/mol. The van der Waals surface area contributed by atoms with Gasteiger partial charge in [-0.1, -0.05) is 13.3 Å². The molecule has 0 aromatic carbocycles. The van der Waals surface area contributed by atoms with E-state index in [0.717, 1.165) is 38.3 Å². The Kier molecular flexibility index (Phi) is 5.74. The largest absolute Gasteiger partial charge is 0.341 e. The minimum absolute atomic E-state index is 0. The second kappa shape index (κ2) is 6.60. The monoisotopic (exact) mass is 260 g/mol. The molecule has 17 heavy (non-hydrogen) atoms. The maximum atomic E-state index is 12.2. The van der Waals surface area contributed by atoms with Crippen molar-refractivity contribution in [1.29, 1.82) is 0 Å². The van der Waals surface area contributed by atoms with E-state index in [2.05, 4.69) is 6.92 Å². The smallest absolute Gasteiger partial charge is 0.225 e. The van der Waals surface area contributed by atoms with Crippen molar-refractivity contribution in [3.63, 3.8) is 0 Å². The van der Waals surface area contributed by atoms with Gasteiger partial charge in [-0.25, -0.2) is 0 Å². The molecule has 0 bridgehead atoms. The second-order valence-corrected chi connectivity index (χ2v) is 5.46. The lowest BCUT2D eigenvalue weighted by atomic mass is 9.80. The van der Waals surface area contributed by atoms with Crippen LogP contribution in [0.4, 0.5) is 0 Å². The van der Waals surface area contributed by atoms with Gasteiger partial charge in [0.25, 0.3) is 0 Å². The number of halogens is 1. The number of carbonyl (C=O) groups excluding carboxylic acids is 1. The van der Waals surface area contributed by atoms with Crippen molar-refractivity contribution in [2.75, 3.05) is 13.1 Å². The zero-order valence-corrected chi connectivity index (χ0v) is 11.5. The van der Waals surface area contributed by atoms with Crippen LogP contribution in [-0.4, -0.2) is 29.9 Å². The van der Waals surface area contributed by atoms with Gasteiger partial charge in [-0.2, -0.15) is 0 Å². The number of hydrogen-bond donors (Lipinski definition) is 1. The van der Waals surface area contributed by atoms with E-state index >= 15 is 0 Å². The summed E-state index contributed by atoms with van der Waals surface area (Å²) in [6.07, 6.45) is 6.94. The lowest BCUT2D eigenvalue weighted by molar-refractivity contribution is -0.135. The molecule has 0 aromatic rings. The van der Waals surface area contributed by atoms with Gasteiger partial charge in [0.1, 0.15) is 0 Å². The first kappa shape index (κ1) is 14.8. The standard InChI is InChI=1S/C13H24N2O.ClH/c1-2-10-3-5-11(6-4-10)13(16)15-8-7-12(14)9-15;/h10-12H,2-9,14H2,1H3;1H. The van der Waals surface area contributed by atoms with E-state index in [-0.39, 0.29) is 18.4 Å². The summed E-state index contributed by atoms with van der Waals surface area (Å²) >= 11 is 0. The molecule has 2 N–H and O–H groups in total. The van der Waals surface area contributed by atoms with Crippen molar-refractivity contribution in [3.05, 3.63) is 0 Å². The Balaban J connectivity index is 0.00000144. The maximum absolute atomic E-state index is 12.2. The molecule has 4 heteroatoms. The molecule has 3 nitrogen and oxygen atoms in total. The normalized spacial score (nSPS) is 33.3. The molecule has 1 heterocycles. The summed E-state index contributed by atoms with van der Waals surface area (Å²) in [6, 6.07) is 0.218. The SMILES string of the molecule is CCC1CCC(C(=O)N2CCC(N)C2)CC1.Cl. The molecule has 100 valence electrons. The van der Waals surface area contributed by atoms with Gasteiger partial charge >= 0.3 is 0 Å². The highest BCUT2D eigenvalue weighted by Crippen LogP contribution is 2.32. The Labute approximate surface area is 111 Å². The van der Waals surface area contributed by atoms with Crippen LogP contribution < -0.4 is 5.73 Å². The number of nitrogens with zero attached hydrogens (tertiary/aromatic N) is 1. The highest BCUT2D eigenvalue weighted by molar-refractivity contribution is 5.85. The van der Waals surface area contributed by atoms with E-state index in [9.17, 15) is 4.79 Å². The highest BCUT2D eigenvalue weighted by atomic mass is 35.5. The quantitative estimate of drug-likeness (QED) is 0.827. The van der Waals surface area contributed by atoms with Gasteiger partial charge in [-0.3, -0.25) is 4.79 Å². The number of amides is 1. The van der Waals surface area contributed by atoms with Crippen molar-refractivity contribution >= 4 is 18.3 Å². The average molecular weight is 261 g/mol. The lowest BCUT2D eigenvalue weighted by Crippen LogP contribution is -2.37. The summed E-state index contributed by atoms with van der Waals surface area (Å²) in [7, 11) is 0. The van der Waals surface area contributed by atoms with Crippen molar-refractivity contribution in [3.8, 4) is 0 Å². The molecule has 2 aliphatic rings. The van der Waals surface area contributed by atoms with E-state index in [1.54, 1.807) is 0 Å². The number of carbonyl (C=O) groups is 1. The molecule has 1 saturated carbocycles. The zero-order chi connectivity index (χ0) is 11.5. The third-order valence-electron chi connectivity index (χ3n) is 4.31. The predicted molar refractivity (Wildman–Crippen MR) is 72.2 cm³/mol. The molecule has 1 unspecified atom stereocenters. The van der Waals surface area contributed by atoms with E-state index < -0.39 is 0 Å². The van der Waals surface area contributed by atoms with Crippen LogP contribution in [0, 0.1) is 11.8 Å². The third-order valence-corrected chi connectivity index (χ3v) is 4.31. The second-order valence-electron chi connectivity index (χ2n) is 5.46. The van der Waals surface area contributed by atoms with Crippen molar-refractivity contribution in [1.82, 2.24) is 4.90 Å². The molecule has 1 saturated heterocycles. The summed E-state index contributed by atoms with van der Waals surface area (Å²) < 4.78 is 0. The Morgan fingerprint density at radius 1 is 1.24 bits per heavy atom. The fourth-order valence-electron chi connectivity index (χ4n) is 3.06. The van der Waals surface area contributed by atoms with Crippen LogP contribution >= 0.6 is 12.4 Å². The van der Waals surface area contributed by atoms with Crippen LogP contribution in [0.25, 0.3) is 0 Å². The summed E-state index contributed by atoms with van der Waals surface area (Å²) in [5.74, 6) is 1.54. The van der Waals surface area contributed by atoms with Crippen LogP contribution in [0.5, 0.6) is 0 Å². The van der Waals surface area contributed by atoms with Gasteiger partial charge in [0.05, 0.1) is 0 Å². The topological polar surface area (TPSA) is 46.3 Å². The van der Waals surface area contributed by atoms with E-state index in [4.69, 9.17) is 5.73 Å². The first-order valence-corrected chi connectivity index (χ1v) is 6.75. The molecular formula is C13H25ClN2O. The molecule has 1 atom stereocenters. The number of nitrogens with two attached hydrogens (primary N) is 1. The van der Waals surface area contributed by atoms with Crippen LogP contribution in [0.3, 0.4) is 0 Å². The van der Waals surface area contributed by atoms with Crippen molar-refractivity contribution in [2.45, 2.75) is 51.5 Å². The van der Waals surface area contributed by atoms with Gasteiger partial charge in [0.2, 0.25) is 5.91 Å². The van der Waals surface area contributed by atoms with Crippen LogP contribution in [0.15, 0.2) is 0 Å². The van der Waals surface area contributed by atoms with Crippen LogP contribution in [0.1, 0.15) is 45.4 Å². The molecule has 1 aliphatic heterocycles. The van der Waals surface area contributed by atoms with Gasteiger partial charge < -0.3 is 10.6 Å². The molecule has 0 aromatic heterocycles. The number of rotatable bonds is 2. The summed E-state index contributed by atoms with van der Waals surface area (Å²) in [5, 5.41) is 0. The molecule has 2 fully saturated rings. The van der Waals surface area contributed by atoms with Gasteiger partial charge in [0.15, 0.2) is 0 Å². The first-order valence-electron chi connectivity index (χ1n) is 6.75. The molecule has 2 rings (SSSR count). The molecule has 0 radical (unpaired) electrons. The maximum Gasteiger partial charge on any atom is 0.225 e. The zero-order valence-electron chi connectivity index (χ0n) is 10.7. The first-order chi connectivity index (χ1) is 7.70. The summed E-state index contributed by atoms with van der Waals surface area (Å²) in [4.78, 5) is 14.2. The minimum Gasteiger partial charge on any atom is -0.341 e. The fourth-order valence-corrected chi connectivity index (χ4v) is 3.06. The Morgan fingerprint density at radius 2 is 1.88 bits per heavy atom. The fraction of sp³-hybridized carbons (Fsp3) is 0.923. The Hall–Kier alpha value is -0.280. The van der Waals surface area contributed by atoms with Gasteiger partial charge in [0, 0.05) is 25.0 Å². The van der Waals surface area contributed by atoms with E-state index in [1.165, 1.54) is 19.3 Å². The third kappa shape index (κ3) is 3.59. The number of likely N-dealkylation sites (tertiary alicyclic amines) is 1. The summed E-state index contributed by atoms with van der Waals surface area (Å²) in [5.41, 5.74) is 5.84. The van der Waals surface area contributed by atoms with Gasteiger partial charge in [-0.15, -0.1) is 12.4 Å². The summed E-state index contributed by atoms with van der Waals surface area (Å²) in [6.45, 7) is 3.92.